The zero-order chi connectivity index (χ0) is 25.1. The van der Waals surface area contributed by atoms with Crippen LogP contribution in [0.25, 0.3) is 0 Å². The van der Waals surface area contributed by atoms with Gasteiger partial charge in [-0.25, -0.2) is 0 Å². The average molecular weight is 469 g/mol. The minimum absolute atomic E-state index is 0.0165. The van der Waals surface area contributed by atoms with Gasteiger partial charge in [0.25, 0.3) is 0 Å². The number of ether oxygens (including phenoxy) is 1. The van der Waals surface area contributed by atoms with Crippen LogP contribution < -0.4 is 0 Å². The van der Waals surface area contributed by atoms with Crippen molar-refractivity contribution in [2.24, 2.45) is 45.3 Å². The van der Waals surface area contributed by atoms with Gasteiger partial charge in [0.1, 0.15) is 6.10 Å². The fraction of sp³-hybridized carbons (Fsp3) is 0.844. The molecule has 8 atom stereocenters. The fourth-order valence-corrected chi connectivity index (χ4v) is 9.97. The van der Waals surface area contributed by atoms with Crippen LogP contribution in [0.3, 0.4) is 0 Å². The maximum Gasteiger partial charge on any atom is 0.302 e. The lowest BCUT2D eigenvalue weighted by Gasteiger charge is -2.64. The van der Waals surface area contributed by atoms with Crippen molar-refractivity contribution in [1.82, 2.24) is 0 Å². The summed E-state index contributed by atoms with van der Waals surface area (Å²) in [5.41, 5.74) is 4.14. The van der Waals surface area contributed by atoms with E-state index >= 15 is 0 Å². The third kappa shape index (κ3) is 3.85. The minimum atomic E-state index is -0.132. The molecule has 0 aromatic carbocycles. The Kier molecular flexibility index (Phi) is 6.74. The number of hydrogen-bond donors (Lipinski definition) is 0. The Labute approximate surface area is 210 Å². The van der Waals surface area contributed by atoms with Crippen LogP contribution in [-0.4, -0.2) is 12.1 Å². The molecule has 8 unspecified atom stereocenters. The number of hydrogen-bond acceptors (Lipinski definition) is 2. The van der Waals surface area contributed by atoms with E-state index in [1.165, 1.54) is 50.5 Å². The first-order chi connectivity index (χ1) is 15.8. The molecule has 0 spiro atoms. The van der Waals surface area contributed by atoms with E-state index in [0.717, 1.165) is 36.5 Å². The first-order valence-electron chi connectivity index (χ1n) is 14.3. The predicted molar refractivity (Wildman–Crippen MR) is 142 cm³/mol. The average Bonchev–Trinajstić information content (AvgIpc) is 3.01. The summed E-state index contributed by atoms with van der Waals surface area (Å²) in [4.78, 5) is 11.8. The second-order valence-corrected chi connectivity index (χ2v) is 14.2. The first-order valence-corrected chi connectivity index (χ1v) is 14.3. The third-order valence-corrected chi connectivity index (χ3v) is 12.0. The van der Waals surface area contributed by atoms with Crippen molar-refractivity contribution in [3.05, 3.63) is 23.3 Å². The highest BCUT2D eigenvalue weighted by molar-refractivity contribution is 5.66. The highest BCUT2D eigenvalue weighted by atomic mass is 16.5. The van der Waals surface area contributed by atoms with Crippen LogP contribution in [0.1, 0.15) is 120 Å². The molecule has 192 valence electrons. The monoisotopic (exact) mass is 468 g/mol. The summed E-state index contributed by atoms with van der Waals surface area (Å²) in [5.74, 6) is 3.09. The van der Waals surface area contributed by atoms with Crippen molar-refractivity contribution in [1.29, 1.82) is 0 Å². The van der Waals surface area contributed by atoms with Gasteiger partial charge in [0, 0.05) is 12.3 Å². The molecule has 4 aliphatic carbocycles. The highest BCUT2D eigenvalue weighted by Crippen LogP contribution is 2.73. The zero-order valence-electron chi connectivity index (χ0n) is 23.7. The van der Waals surface area contributed by atoms with Crippen molar-refractivity contribution < 1.29 is 9.53 Å². The Morgan fingerprint density at radius 1 is 1.00 bits per heavy atom. The molecule has 4 aliphatic rings. The van der Waals surface area contributed by atoms with E-state index in [0.29, 0.717) is 10.8 Å². The molecule has 2 nitrogen and oxygen atoms in total. The van der Waals surface area contributed by atoms with Gasteiger partial charge in [-0.05, 0) is 112 Å². The summed E-state index contributed by atoms with van der Waals surface area (Å²) in [5, 5.41) is 0. The van der Waals surface area contributed by atoms with Gasteiger partial charge in [0.2, 0.25) is 0 Å². The molecule has 3 fully saturated rings. The molecule has 0 bridgehead atoms. The lowest BCUT2D eigenvalue weighted by molar-refractivity contribution is -0.159. The minimum Gasteiger partial charge on any atom is -0.462 e. The maximum atomic E-state index is 11.8. The molecular weight excluding hydrogens is 416 g/mol. The lowest BCUT2D eigenvalue weighted by Crippen LogP contribution is -2.58. The second-order valence-electron chi connectivity index (χ2n) is 14.2. The normalized spacial score (nSPS) is 43.6. The van der Waals surface area contributed by atoms with Crippen LogP contribution in [0.4, 0.5) is 0 Å². The third-order valence-electron chi connectivity index (χ3n) is 12.0. The summed E-state index contributed by atoms with van der Waals surface area (Å²) in [6, 6.07) is 0. The summed E-state index contributed by atoms with van der Waals surface area (Å²) in [6.45, 7) is 21.2. The van der Waals surface area contributed by atoms with Crippen LogP contribution in [0, 0.1) is 45.3 Å². The van der Waals surface area contributed by atoms with E-state index in [1.807, 2.05) is 0 Å². The number of carbonyl (C=O) groups excluding carboxylic acids is 1. The largest absolute Gasteiger partial charge is 0.462 e. The Bertz CT molecular complexity index is 860. The molecule has 34 heavy (non-hydrogen) atoms. The molecule has 0 aliphatic heterocycles. The molecule has 0 aromatic rings. The lowest BCUT2D eigenvalue weighted by atomic mass is 9.40. The summed E-state index contributed by atoms with van der Waals surface area (Å²) in [7, 11) is 0. The Morgan fingerprint density at radius 3 is 2.32 bits per heavy atom. The molecule has 0 amide bonds. The van der Waals surface area contributed by atoms with E-state index in [2.05, 4.69) is 67.5 Å². The molecule has 0 heterocycles. The fourth-order valence-electron chi connectivity index (χ4n) is 9.97. The van der Waals surface area contributed by atoms with E-state index in [4.69, 9.17) is 4.74 Å². The molecule has 0 saturated heterocycles. The topological polar surface area (TPSA) is 26.3 Å². The molecule has 3 saturated carbocycles. The second kappa shape index (κ2) is 8.81. The van der Waals surface area contributed by atoms with Gasteiger partial charge in [0.05, 0.1) is 0 Å². The first kappa shape index (κ1) is 26.0. The van der Waals surface area contributed by atoms with Crippen LogP contribution in [-0.2, 0) is 9.53 Å². The van der Waals surface area contributed by atoms with Gasteiger partial charge in [-0.15, -0.1) is 0 Å². The molecule has 2 heteroatoms. The Morgan fingerprint density at radius 2 is 1.68 bits per heavy atom. The van der Waals surface area contributed by atoms with Crippen molar-refractivity contribution >= 4 is 5.97 Å². The zero-order valence-corrected chi connectivity index (χ0v) is 23.7. The SMILES string of the molecule is CC(=O)OC1CCC2(C)C(=CCC3C2CCC2(C)C(C(C)CCC=C(C)C)CCC32C)C1(C)C. The number of carbonyl (C=O) groups is 1. The summed E-state index contributed by atoms with van der Waals surface area (Å²) >= 11 is 0. The van der Waals surface area contributed by atoms with Crippen LogP contribution >= 0.6 is 0 Å². The van der Waals surface area contributed by atoms with Crippen molar-refractivity contribution in [3.63, 3.8) is 0 Å². The van der Waals surface area contributed by atoms with Gasteiger partial charge in [-0.3, -0.25) is 4.79 Å². The Hall–Kier alpha value is -1.05. The smallest absolute Gasteiger partial charge is 0.302 e. The van der Waals surface area contributed by atoms with Gasteiger partial charge >= 0.3 is 5.97 Å². The number of esters is 1. The maximum absolute atomic E-state index is 11.8. The quantitative estimate of drug-likeness (QED) is 0.297. The molecule has 4 rings (SSSR count). The summed E-state index contributed by atoms with van der Waals surface area (Å²) < 4.78 is 5.85. The molecule has 0 aromatic heterocycles. The predicted octanol–water partition coefficient (Wildman–Crippen LogP) is 8.91. The van der Waals surface area contributed by atoms with E-state index in [9.17, 15) is 4.79 Å². The van der Waals surface area contributed by atoms with Gasteiger partial charge < -0.3 is 4.74 Å². The Balaban J connectivity index is 1.60. The standard InChI is InChI=1S/C32H52O2/c1-21(2)11-10-12-22(3)24-15-19-32(9)26-13-14-27-29(5,6)28(34-23(4)33)17-18-30(27,7)25(26)16-20-31(24,32)8/h11,14,22,24-26,28H,10,12-13,15-20H2,1-9H3. The molecule has 0 radical (unpaired) electrons. The number of fused-ring (bicyclic) bond motifs is 5. The number of allylic oxidation sites excluding steroid dienone is 3. The van der Waals surface area contributed by atoms with Crippen LogP contribution in [0.15, 0.2) is 23.3 Å². The van der Waals surface area contributed by atoms with Gasteiger partial charge in [0.15, 0.2) is 0 Å². The number of rotatable bonds is 5. The van der Waals surface area contributed by atoms with Crippen molar-refractivity contribution in [3.8, 4) is 0 Å². The van der Waals surface area contributed by atoms with Gasteiger partial charge in [-0.1, -0.05) is 64.8 Å². The van der Waals surface area contributed by atoms with Crippen LogP contribution in [0.2, 0.25) is 0 Å². The van der Waals surface area contributed by atoms with Gasteiger partial charge in [-0.2, -0.15) is 0 Å². The molecule has 0 N–H and O–H groups in total. The van der Waals surface area contributed by atoms with E-state index in [1.54, 1.807) is 12.5 Å². The molecular formula is C32H52O2. The van der Waals surface area contributed by atoms with E-state index in [-0.39, 0.29) is 22.9 Å². The van der Waals surface area contributed by atoms with Crippen molar-refractivity contribution in [2.75, 3.05) is 0 Å². The van der Waals surface area contributed by atoms with E-state index < -0.39 is 0 Å². The highest BCUT2D eigenvalue weighted by Gasteiger charge is 2.66. The van der Waals surface area contributed by atoms with Crippen LogP contribution in [0.5, 0.6) is 0 Å². The summed E-state index contributed by atoms with van der Waals surface area (Å²) in [6.07, 6.45) is 16.6. The van der Waals surface area contributed by atoms with Crippen molar-refractivity contribution in [2.45, 2.75) is 126 Å².